The maximum atomic E-state index is 12.1. The molecular formula is C14H21N3O3S. The lowest BCUT2D eigenvalue weighted by Crippen LogP contribution is -2.25. The molecule has 0 spiro atoms. The highest BCUT2D eigenvalue weighted by Crippen LogP contribution is 2.23. The average molecular weight is 311 g/mol. The Bertz CT molecular complexity index is 610. The van der Waals surface area contributed by atoms with E-state index in [-0.39, 0.29) is 22.9 Å². The van der Waals surface area contributed by atoms with E-state index >= 15 is 0 Å². The Balaban J connectivity index is 2.01. The number of amides is 1. The Morgan fingerprint density at radius 2 is 2.14 bits per heavy atom. The Labute approximate surface area is 125 Å². The fourth-order valence-corrected chi connectivity index (χ4v) is 3.16. The van der Waals surface area contributed by atoms with E-state index in [4.69, 9.17) is 5.73 Å². The van der Waals surface area contributed by atoms with Gasteiger partial charge in [0, 0.05) is 24.2 Å². The molecule has 1 atom stereocenters. The summed E-state index contributed by atoms with van der Waals surface area (Å²) in [5.41, 5.74) is 6.08. The van der Waals surface area contributed by atoms with Crippen LogP contribution in [0, 0.1) is 0 Å². The second-order valence-electron chi connectivity index (χ2n) is 5.49. The molecule has 1 aliphatic carbocycles. The molecule has 0 radical (unpaired) electrons. The summed E-state index contributed by atoms with van der Waals surface area (Å²) >= 11 is 0. The molecule has 2 rings (SSSR count). The van der Waals surface area contributed by atoms with Crippen molar-refractivity contribution >= 4 is 21.6 Å². The minimum absolute atomic E-state index is 0.0368. The van der Waals surface area contributed by atoms with Crippen LogP contribution in [0.4, 0.5) is 5.69 Å². The maximum absolute atomic E-state index is 12.1. The van der Waals surface area contributed by atoms with E-state index in [2.05, 4.69) is 10.0 Å². The molecule has 4 N–H and O–H groups in total. The summed E-state index contributed by atoms with van der Waals surface area (Å²) in [6.45, 7) is 1.84. The number of hydrogen-bond donors (Lipinski definition) is 3. The molecule has 1 saturated carbocycles. The molecule has 116 valence electrons. The fraction of sp³-hybridized carbons (Fsp3) is 0.500. The van der Waals surface area contributed by atoms with Gasteiger partial charge in [0.05, 0.1) is 4.90 Å². The first kappa shape index (κ1) is 15.9. The van der Waals surface area contributed by atoms with Gasteiger partial charge in [0.25, 0.3) is 0 Å². The van der Waals surface area contributed by atoms with E-state index in [9.17, 15) is 13.2 Å². The number of sulfonamides is 1. The van der Waals surface area contributed by atoms with E-state index in [1.807, 2.05) is 6.92 Å². The minimum atomic E-state index is -3.50. The topological polar surface area (TPSA) is 101 Å². The predicted octanol–water partition coefficient (Wildman–Crippen LogP) is 1.19. The maximum Gasteiger partial charge on any atom is 0.240 e. The van der Waals surface area contributed by atoms with Crippen LogP contribution < -0.4 is 15.8 Å². The van der Waals surface area contributed by atoms with Crippen molar-refractivity contribution in [1.29, 1.82) is 0 Å². The number of hydrogen-bond acceptors (Lipinski definition) is 4. The molecule has 1 unspecified atom stereocenters. The van der Waals surface area contributed by atoms with Gasteiger partial charge in [-0.25, -0.2) is 13.1 Å². The first-order chi connectivity index (χ1) is 9.87. The van der Waals surface area contributed by atoms with Crippen LogP contribution in [0.15, 0.2) is 29.2 Å². The van der Waals surface area contributed by atoms with Gasteiger partial charge in [-0.2, -0.15) is 0 Å². The molecule has 1 amide bonds. The third-order valence-electron chi connectivity index (χ3n) is 3.15. The van der Waals surface area contributed by atoms with Crippen molar-refractivity contribution in [3.05, 3.63) is 24.3 Å². The van der Waals surface area contributed by atoms with Gasteiger partial charge in [0.15, 0.2) is 0 Å². The predicted molar refractivity (Wildman–Crippen MR) is 81.3 cm³/mol. The van der Waals surface area contributed by atoms with Gasteiger partial charge in [0.1, 0.15) is 0 Å². The summed E-state index contributed by atoms with van der Waals surface area (Å²) in [5, 5.41) is 2.69. The molecule has 0 aromatic heterocycles. The van der Waals surface area contributed by atoms with Crippen LogP contribution in [0.2, 0.25) is 0 Å². The number of nitrogens with two attached hydrogens (primary N) is 1. The molecular weight excluding hydrogens is 290 g/mol. The highest BCUT2D eigenvalue weighted by molar-refractivity contribution is 7.89. The molecule has 6 nitrogen and oxygen atoms in total. The summed E-state index contributed by atoms with van der Waals surface area (Å²) < 4.78 is 26.8. The van der Waals surface area contributed by atoms with Crippen molar-refractivity contribution in [3.63, 3.8) is 0 Å². The molecule has 1 aromatic rings. The quantitative estimate of drug-likeness (QED) is 0.704. The summed E-state index contributed by atoms with van der Waals surface area (Å²) in [4.78, 5) is 11.9. The molecule has 0 bridgehead atoms. The monoisotopic (exact) mass is 311 g/mol. The van der Waals surface area contributed by atoms with Crippen molar-refractivity contribution in [1.82, 2.24) is 4.72 Å². The van der Waals surface area contributed by atoms with Gasteiger partial charge >= 0.3 is 0 Å². The van der Waals surface area contributed by atoms with E-state index in [0.29, 0.717) is 18.5 Å². The number of anilines is 1. The first-order valence-corrected chi connectivity index (χ1v) is 8.53. The van der Waals surface area contributed by atoms with Crippen LogP contribution in [0.1, 0.15) is 32.6 Å². The number of nitrogens with one attached hydrogen (secondary N) is 2. The Morgan fingerprint density at radius 1 is 1.43 bits per heavy atom. The first-order valence-electron chi connectivity index (χ1n) is 7.04. The number of rotatable bonds is 7. The summed E-state index contributed by atoms with van der Waals surface area (Å²) in [5.74, 6) is -0.169. The van der Waals surface area contributed by atoms with Gasteiger partial charge in [-0.1, -0.05) is 6.07 Å². The lowest BCUT2D eigenvalue weighted by Gasteiger charge is -2.09. The van der Waals surface area contributed by atoms with E-state index in [0.717, 1.165) is 12.8 Å². The second kappa shape index (κ2) is 6.55. The van der Waals surface area contributed by atoms with Crippen molar-refractivity contribution in [2.75, 3.05) is 5.32 Å². The minimum Gasteiger partial charge on any atom is -0.328 e. The van der Waals surface area contributed by atoms with Gasteiger partial charge in [-0.05, 0) is 44.4 Å². The van der Waals surface area contributed by atoms with Crippen LogP contribution in [0.3, 0.4) is 0 Å². The third-order valence-corrected chi connectivity index (χ3v) is 4.67. The van der Waals surface area contributed by atoms with Gasteiger partial charge < -0.3 is 11.1 Å². The summed E-state index contributed by atoms with van der Waals surface area (Å²) in [6.07, 6.45) is 2.67. The Morgan fingerprint density at radius 3 is 2.76 bits per heavy atom. The molecule has 0 heterocycles. The normalized spacial score (nSPS) is 16.5. The fourth-order valence-electron chi connectivity index (χ4n) is 1.81. The Hall–Kier alpha value is -1.44. The van der Waals surface area contributed by atoms with Gasteiger partial charge in [-0.3, -0.25) is 4.79 Å². The largest absolute Gasteiger partial charge is 0.328 e. The summed E-state index contributed by atoms with van der Waals surface area (Å²) in [7, 11) is -3.50. The van der Waals surface area contributed by atoms with E-state index in [1.54, 1.807) is 12.1 Å². The van der Waals surface area contributed by atoms with Crippen LogP contribution in [0.5, 0.6) is 0 Å². The van der Waals surface area contributed by atoms with Crippen molar-refractivity contribution in [2.45, 2.75) is 49.6 Å². The SMILES string of the molecule is CC(N)CCC(=O)Nc1cccc(S(=O)(=O)NC2CC2)c1. The van der Waals surface area contributed by atoms with Crippen molar-refractivity contribution < 1.29 is 13.2 Å². The summed E-state index contributed by atoms with van der Waals surface area (Å²) in [6, 6.07) is 6.28. The molecule has 0 aliphatic heterocycles. The van der Waals surface area contributed by atoms with E-state index < -0.39 is 10.0 Å². The zero-order valence-electron chi connectivity index (χ0n) is 12.0. The highest BCUT2D eigenvalue weighted by Gasteiger charge is 2.28. The van der Waals surface area contributed by atoms with Crippen LogP contribution in [0.25, 0.3) is 0 Å². The van der Waals surface area contributed by atoms with Crippen molar-refractivity contribution in [3.8, 4) is 0 Å². The number of benzene rings is 1. The molecule has 7 heteroatoms. The molecule has 21 heavy (non-hydrogen) atoms. The third kappa shape index (κ3) is 5.11. The van der Waals surface area contributed by atoms with Crippen molar-refractivity contribution in [2.24, 2.45) is 5.73 Å². The highest BCUT2D eigenvalue weighted by atomic mass is 32.2. The van der Waals surface area contributed by atoms with Gasteiger partial charge in [0.2, 0.25) is 15.9 Å². The Kier molecular flexibility index (Phi) is 4.97. The molecule has 0 saturated heterocycles. The average Bonchev–Trinajstić information content (AvgIpc) is 3.20. The molecule has 1 aliphatic rings. The second-order valence-corrected chi connectivity index (χ2v) is 7.20. The molecule has 1 fully saturated rings. The lowest BCUT2D eigenvalue weighted by molar-refractivity contribution is -0.116. The number of carbonyl (C=O) groups excluding carboxylic acids is 1. The smallest absolute Gasteiger partial charge is 0.240 e. The zero-order valence-corrected chi connectivity index (χ0v) is 12.8. The zero-order chi connectivity index (χ0) is 15.5. The van der Waals surface area contributed by atoms with E-state index in [1.165, 1.54) is 12.1 Å². The molecule has 1 aromatic carbocycles. The van der Waals surface area contributed by atoms with Crippen LogP contribution in [-0.2, 0) is 14.8 Å². The van der Waals surface area contributed by atoms with Crippen LogP contribution in [-0.4, -0.2) is 26.4 Å². The lowest BCUT2D eigenvalue weighted by atomic mass is 10.2. The van der Waals surface area contributed by atoms with Crippen LogP contribution >= 0.6 is 0 Å². The standard InChI is InChI=1S/C14H21N3O3S/c1-10(15)5-8-14(18)16-12-3-2-4-13(9-12)21(19,20)17-11-6-7-11/h2-4,9-11,17H,5-8,15H2,1H3,(H,16,18). The number of carbonyl (C=O) groups is 1. The van der Waals surface area contributed by atoms with Gasteiger partial charge in [-0.15, -0.1) is 0 Å².